The Morgan fingerprint density at radius 2 is 1.72 bits per heavy atom. The Hall–Kier alpha value is -2.96. The third-order valence-corrected chi connectivity index (χ3v) is 4.06. The van der Waals surface area contributed by atoms with E-state index < -0.39 is 0 Å². The van der Waals surface area contributed by atoms with Gasteiger partial charge in [-0.25, -0.2) is 0 Å². The highest BCUT2D eigenvalue weighted by atomic mass is 16.5. The molecule has 7 heteroatoms. The summed E-state index contributed by atoms with van der Waals surface area (Å²) in [7, 11) is 4.52. The standard InChI is InChI=1S/C18H23N3O4/c1-10-13(8-20-11(2)16(10)19)9-21-18(22)12-6-14(23-3)17(25-5)15(7-12)24-4/h6-8H,9,19H2,1-5H3,(H,21,22). The fourth-order valence-corrected chi connectivity index (χ4v) is 2.45. The van der Waals surface area contributed by atoms with E-state index in [2.05, 4.69) is 10.3 Å². The quantitative estimate of drug-likeness (QED) is 0.833. The molecule has 3 N–H and O–H groups in total. The lowest BCUT2D eigenvalue weighted by atomic mass is 10.1. The average molecular weight is 345 g/mol. The van der Waals surface area contributed by atoms with Crippen LogP contribution in [0.3, 0.4) is 0 Å². The van der Waals surface area contributed by atoms with Crippen molar-refractivity contribution < 1.29 is 19.0 Å². The number of anilines is 1. The van der Waals surface area contributed by atoms with E-state index in [1.54, 1.807) is 18.3 Å². The first kappa shape index (κ1) is 18.4. The molecule has 0 spiro atoms. The van der Waals surface area contributed by atoms with Gasteiger partial charge in [-0.2, -0.15) is 0 Å². The molecule has 25 heavy (non-hydrogen) atoms. The van der Waals surface area contributed by atoms with Gasteiger partial charge in [0.1, 0.15) is 0 Å². The van der Waals surface area contributed by atoms with Crippen molar-refractivity contribution in [1.82, 2.24) is 10.3 Å². The van der Waals surface area contributed by atoms with Gasteiger partial charge in [0.15, 0.2) is 11.5 Å². The van der Waals surface area contributed by atoms with Crippen LogP contribution >= 0.6 is 0 Å². The van der Waals surface area contributed by atoms with Crippen LogP contribution in [0.15, 0.2) is 18.3 Å². The zero-order valence-corrected chi connectivity index (χ0v) is 15.1. The van der Waals surface area contributed by atoms with Crippen molar-refractivity contribution in [3.8, 4) is 17.2 Å². The monoisotopic (exact) mass is 345 g/mol. The molecule has 7 nitrogen and oxygen atoms in total. The highest BCUT2D eigenvalue weighted by Crippen LogP contribution is 2.38. The summed E-state index contributed by atoms with van der Waals surface area (Å²) in [6.07, 6.45) is 1.72. The lowest BCUT2D eigenvalue weighted by molar-refractivity contribution is 0.0950. The number of hydrogen-bond donors (Lipinski definition) is 2. The number of aromatic nitrogens is 1. The van der Waals surface area contributed by atoms with E-state index in [-0.39, 0.29) is 5.91 Å². The fourth-order valence-electron chi connectivity index (χ4n) is 2.45. The summed E-state index contributed by atoms with van der Waals surface area (Å²) in [6.45, 7) is 4.07. The predicted molar refractivity (Wildman–Crippen MR) is 95.4 cm³/mol. The molecule has 0 radical (unpaired) electrons. The third-order valence-electron chi connectivity index (χ3n) is 4.06. The second-order valence-electron chi connectivity index (χ2n) is 5.50. The maximum atomic E-state index is 12.5. The molecule has 0 aliphatic heterocycles. The van der Waals surface area contributed by atoms with Gasteiger partial charge in [-0.3, -0.25) is 9.78 Å². The Kier molecular flexibility index (Phi) is 5.69. The largest absolute Gasteiger partial charge is 0.493 e. The number of carbonyl (C=O) groups is 1. The van der Waals surface area contributed by atoms with Crippen molar-refractivity contribution in [3.63, 3.8) is 0 Å². The maximum absolute atomic E-state index is 12.5. The molecule has 1 heterocycles. The molecule has 1 amide bonds. The van der Waals surface area contributed by atoms with Crippen LogP contribution in [-0.4, -0.2) is 32.2 Å². The van der Waals surface area contributed by atoms with Crippen molar-refractivity contribution in [3.05, 3.63) is 40.7 Å². The van der Waals surface area contributed by atoms with Crippen molar-refractivity contribution >= 4 is 11.6 Å². The number of benzene rings is 1. The summed E-state index contributed by atoms with van der Waals surface area (Å²) in [6, 6.07) is 3.20. The van der Waals surface area contributed by atoms with E-state index in [4.69, 9.17) is 19.9 Å². The molecule has 0 aliphatic carbocycles. The van der Waals surface area contributed by atoms with Gasteiger partial charge in [0.05, 0.1) is 32.7 Å². The first-order chi connectivity index (χ1) is 11.9. The highest BCUT2D eigenvalue weighted by molar-refractivity contribution is 5.95. The Bertz CT molecular complexity index is 765. The van der Waals surface area contributed by atoms with Crippen LogP contribution in [0.25, 0.3) is 0 Å². The number of pyridine rings is 1. The molecule has 1 aromatic carbocycles. The van der Waals surface area contributed by atoms with Gasteiger partial charge in [-0.05, 0) is 37.1 Å². The second-order valence-corrected chi connectivity index (χ2v) is 5.50. The van der Waals surface area contributed by atoms with Crippen LogP contribution in [0.1, 0.15) is 27.2 Å². The van der Waals surface area contributed by atoms with Crippen molar-refractivity contribution in [2.24, 2.45) is 0 Å². The maximum Gasteiger partial charge on any atom is 0.251 e. The lowest BCUT2D eigenvalue weighted by Crippen LogP contribution is -2.23. The SMILES string of the molecule is COc1cc(C(=O)NCc2cnc(C)c(N)c2C)cc(OC)c1OC. The minimum Gasteiger partial charge on any atom is -0.493 e. The summed E-state index contributed by atoms with van der Waals surface area (Å²) in [5.41, 5.74) is 9.58. The molecule has 1 aromatic heterocycles. The van der Waals surface area contributed by atoms with Gasteiger partial charge < -0.3 is 25.3 Å². The molecule has 0 fully saturated rings. The number of nitrogens with zero attached hydrogens (tertiary/aromatic N) is 1. The van der Waals surface area contributed by atoms with Crippen LogP contribution in [0.5, 0.6) is 17.2 Å². The Morgan fingerprint density at radius 3 is 2.24 bits per heavy atom. The van der Waals surface area contributed by atoms with Crippen molar-refractivity contribution in [2.75, 3.05) is 27.1 Å². The number of carbonyl (C=O) groups excluding carboxylic acids is 1. The summed E-state index contributed by atoms with van der Waals surface area (Å²) in [5, 5.41) is 2.86. The zero-order chi connectivity index (χ0) is 18.6. The van der Waals surface area contributed by atoms with Crippen LogP contribution in [-0.2, 0) is 6.54 Å². The topological polar surface area (TPSA) is 95.7 Å². The summed E-state index contributed by atoms with van der Waals surface area (Å²) < 4.78 is 15.8. The first-order valence-electron chi connectivity index (χ1n) is 7.71. The number of nitrogens with two attached hydrogens (primary N) is 1. The number of ether oxygens (including phenoxy) is 3. The number of methoxy groups -OCH3 is 3. The van der Waals surface area contributed by atoms with Gasteiger partial charge in [-0.1, -0.05) is 0 Å². The minimum absolute atomic E-state index is 0.266. The van der Waals surface area contributed by atoms with Crippen LogP contribution in [0.4, 0.5) is 5.69 Å². The molecule has 0 saturated heterocycles. The van der Waals surface area contributed by atoms with E-state index in [1.165, 1.54) is 21.3 Å². The van der Waals surface area contributed by atoms with Crippen LogP contribution in [0.2, 0.25) is 0 Å². The molecule has 0 bridgehead atoms. The smallest absolute Gasteiger partial charge is 0.251 e. The molecule has 0 aliphatic rings. The molecule has 2 rings (SSSR count). The third kappa shape index (κ3) is 3.76. The molecular weight excluding hydrogens is 322 g/mol. The fraction of sp³-hybridized carbons (Fsp3) is 0.333. The van der Waals surface area contributed by atoms with E-state index in [0.29, 0.717) is 35.0 Å². The van der Waals surface area contributed by atoms with E-state index in [1.807, 2.05) is 13.8 Å². The average Bonchev–Trinajstić information content (AvgIpc) is 2.63. The summed E-state index contributed by atoms with van der Waals surface area (Å²) in [4.78, 5) is 16.7. The van der Waals surface area contributed by atoms with E-state index in [9.17, 15) is 4.79 Å². The molecule has 134 valence electrons. The predicted octanol–water partition coefficient (Wildman–Crippen LogP) is 2.24. The van der Waals surface area contributed by atoms with Crippen molar-refractivity contribution in [1.29, 1.82) is 0 Å². The molecule has 0 unspecified atom stereocenters. The summed E-state index contributed by atoms with van der Waals surface area (Å²) >= 11 is 0. The number of nitrogen functional groups attached to an aromatic ring is 1. The number of rotatable bonds is 6. The van der Waals surface area contributed by atoms with Gasteiger partial charge in [0.2, 0.25) is 5.75 Å². The highest BCUT2D eigenvalue weighted by Gasteiger charge is 2.17. The molecule has 0 saturated carbocycles. The van der Waals surface area contributed by atoms with Gasteiger partial charge >= 0.3 is 0 Å². The van der Waals surface area contributed by atoms with Gasteiger partial charge in [0, 0.05) is 18.3 Å². The Balaban J connectivity index is 2.23. The minimum atomic E-state index is -0.266. The lowest BCUT2D eigenvalue weighted by Gasteiger charge is -2.15. The first-order valence-corrected chi connectivity index (χ1v) is 7.71. The molecule has 2 aromatic rings. The zero-order valence-electron chi connectivity index (χ0n) is 15.1. The van der Waals surface area contributed by atoms with Crippen LogP contribution < -0.4 is 25.3 Å². The Labute approximate surface area is 147 Å². The van der Waals surface area contributed by atoms with Gasteiger partial charge in [0.25, 0.3) is 5.91 Å². The number of aryl methyl sites for hydroxylation is 1. The molecule has 0 atom stereocenters. The normalized spacial score (nSPS) is 10.3. The van der Waals surface area contributed by atoms with Gasteiger partial charge in [-0.15, -0.1) is 0 Å². The number of nitrogens with one attached hydrogen (secondary N) is 1. The Morgan fingerprint density at radius 1 is 1.12 bits per heavy atom. The second kappa shape index (κ2) is 7.74. The number of hydrogen-bond acceptors (Lipinski definition) is 6. The summed E-state index contributed by atoms with van der Waals surface area (Å²) in [5.74, 6) is 1.01. The molecular formula is C18H23N3O4. The number of amides is 1. The van der Waals surface area contributed by atoms with E-state index in [0.717, 1.165) is 16.8 Å². The van der Waals surface area contributed by atoms with E-state index >= 15 is 0 Å². The van der Waals surface area contributed by atoms with Crippen LogP contribution in [0, 0.1) is 13.8 Å². The van der Waals surface area contributed by atoms with Crippen molar-refractivity contribution in [2.45, 2.75) is 20.4 Å².